The van der Waals surface area contributed by atoms with Gasteiger partial charge in [-0.3, -0.25) is 0 Å². The second-order valence-electron chi connectivity index (χ2n) is 7.91. The van der Waals surface area contributed by atoms with E-state index in [9.17, 15) is 8.42 Å². The Morgan fingerprint density at radius 3 is 2.00 bits per heavy atom. The van der Waals surface area contributed by atoms with Crippen LogP contribution in [0.5, 0.6) is 0 Å². The highest BCUT2D eigenvalue weighted by atomic mass is 32.2. The molecule has 0 N–H and O–H groups in total. The van der Waals surface area contributed by atoms with Crippen molar-refractivity contribution in [3.05, 3.63) is 71.8 Å². The van der Waals surface area contributed by atoms with Gasteiger partial charge in [-0.25, -0.2) is 0 Å². The molecule has 4 nitrogen and oxygen atoms in total. The predicted octanol–water partition coefficient (Wildman–Crippen LogP) is 3.85. The standard InChI is InChI=1S/C21H28N2O2S/c1-21(2,3)23-15-14-20(16-18-10-6-4-7-11-18)22(26(23,24)25)17-19-12-8-5-9-13-19/h4-13,20H,14-17H2,1-3H3/t20-/m1/s1. The summed E-state index contributed by atoms with van der Waals surface area (Å²) in [5.41, 5.74) is 1.77. The molecular formula is C21H28N2O2S. The van der Waals surface area contributed by atoms with Crippen LogP contribution in [0.25, 0.3) is 0 Å². The first-order valence-corrected chi connectivity index (χ1v) is 10.6. The Balaban J connectivity index is 1.93. The summed E-state index contributed by atoms with van der Waals surface area (Å²) in [6.45, 7) is 6.86. The first-order valence-electron chi connectivity index (χ1n) is 9.16. The van der Waals surface area contributed by atoms with Crippen molar-refractivity contribution >= 4 is 10.2 Å². The maximum absolute atomic E-state index is 13.4. The molecule has 0 radical (unpaired) electrons. The predicted molar refractivity (Wildman–Crippen MR) is 106 cm³/mol. The Morgan fingerprint density at radius 1 is 0.923 bits per heavy atom. The van der Waals surface area contributed by atoms with E-state index in [4.69, 9.17) is 0 Å². The maximum Gasteiger partial charge on any atom is 0.283 e. The van der Waals surface area contributed by atoms with Crippen LogP contribution < -0.4 is 0 Å². The third-order valence-corrected chi connectivity index (χ3v) is 7.20. The lowest BCUT2D eigenvalue weighted by Crippen LogP contribution is -2.59. The van der Waals surface area contributed by atoms with Crippen LogP contribution in [0.3, 0.4) is 0 Å². The molecule has 2 aromatic rings. The molecular weight excluding hydrogens is 344 g/mol. The zero-order chi connectivity index (χ0) is 18.8. The molecule has 3 rings (SSSR count). The van der Waals surface area contributed by atoms with E-state index in [1.807, 2.05) is 69.3 Å². The quantitative estimate of drug-likeness (QED) is 0.818. The highest BCUT2D eigenvalue weighted by Gasteiger charge is 2.44. The average molecular weight is 373 g/mol. The molecule has 1 saturated heterocycles. The fraction of sp³-hybridized carbons (Fsp3) is 0.429. The van der Waals surface area contributed by atoms with Crippen molar-refractivity contribution in [2.45, 2.75) is 51.7 Å². The highest BCUT2D eigenvalue weighted by molar-refractivity contribution is 7.86. The van der Waals surface area contributed by atoms with Crippen molar-refractivity contribution in [3.8, 4) is 0 Å². The first kappa shape index (κ1) is 19.1. The third-order valence-electron chi connectivity index (χ3n) is 4.89. The highest BCUT2D eigenvalue weighted by Crippen LogP contribution is 2.31. The number of rotatable bonds is 4. The summed E-state index contributed by atoms with van der Waals surface area (Å²) in [7, 11) is -3.52. The van der Waals surface area contributed by atoms with Gasteiger partial charge >= 0.3 is 0 Å². The van der Waals surface area contributed by atoms with E-state index in [2.05, 4.69) is 12.1 Å². The van der Waals surface area contributed by atoms with Crippen LogP contribution in [0.1, 0.15) is 38.3 Å². The van der Waals surface area contributed by atoms with Crippen molar-refractivity contribution in [1.82, 2.24) is 8.61 Å². The summed E-state index contributed by atoms with van der Waals surface area (Å²) >= 11 is 0. The number of benzene rings is 2. The van der Waals surface area contributed by atoms with Crippen molar-refractivity contribution in [2.75, 3.05) is 6.54 Å². The van der Waals surface area contributed by atoms with Gasteiger partial charge in [-0.2, -0.15) is 17.0 Å². The molecule has 0 spiro atoms. The molecule has 1 heterocycles. The summed E-state index contributed by atoms with van der Waals surface area (Å²) in [4.78, 5) is 0. The van der Waals surface area contributed by atoms with Gasteiger partial charge in [0.15, 0.2) is 0 Å². The van der Waals surface area contributed by atoms with Gasteiger partial charge < -0.3 is 0 Å². The Bertz CT molecular complexity index is 814. The summed E-state index contributed by atoms with van der Waals surface area (Å²) in [5.74, 6) is 0. The first-order chi connectivity index (χ1) is 12.3. The lowest BCUT2D eigenvalue weighted by molar-refractivity contribution is 0.156. The molecule has 0 aliphatic carbocycles. The monoisotopic (exact) mass is 372 g/mol. The topological polar surface area (TPSA) is 40.6 Å². The maximum atomic E-state index is 13.4. The minimum atomic E-state index is -3.52. The van der Waals surface area contributed by atoms with E-state index in [0.717, 1.165) is 18.4 Å². The smallest absolute Gasteiger partial charge is 0.195 e. The van der Waals surface area contributed by atoms with E-state index in [1.165, 1.54) is 5.56 Å². The molecule has 0 unspecified atom stereocenters. The minimum absolute atomic E-state index is 0.0267. The Kier molecular flexibility index (Phi) is 5.51. The molecule has 1 atom stereocenters. The van der Waals surface area contributed by atoms with E-state index in [1.54, 1.807) is 8.61 Å². The molecule has 26 heavy (non-hydrogen) atoms. The van der Waals surface area contributed by atoms with Crippen LogP contribution in [-0.4, -0.2) is 35.2 Å². The summed E-state index contributed by atoms with van der Waals surface area (Å²) < 4.78 is 30.2. The Labute approximate surface area is 157 Å². The molecule has 0 bridgehead atoms. The summed E-state index contributed by atoms with van der Waals surface area (Å²) in [6.07, 6.45) is 1.57. The van der Waals surface area contributed by atoms with Crippen LogP contribution in [0, 0.1) is 0 Å². The molecule has 1 fully saturated rings. The third kappa shape index (κ3) is 4.17. The van der Waals surface area contributed by atoms with Crippen LogP contribution in [0.15, 0.2) is 60.7 Å². The zero-order valence-corrected chi connectivity index (χ0v) is 16.6. The van der Waals surface area contributed by atoms with Crippen LogP contribution in [-0.2, 0) is 23.2 Å². The molecule has 1 aliphatic heterocycles. The van der Waals surface area contributed by atoms with Gasteiger partial charge in [0.05, 0.1) is 0 Å². The van der Waals surface area contributed by atoms with Gasteiger partial charge in [-0.15, -0.1) is 0 Å². The van der Waals surface area contributed by atoms with Gasteiger partial charge in [0.2, 0.25) is 0 Å². The lowest BCUT2D eigenvalue weighted by atomic mass is 10.0. The second kappa shape index (κ2) is 7.51. The van der Waals surface area contributed by atoms with E-state index in [-0.39, 0.29) is 6.04 Å². The van der Waals surface area contributed by atoms with Gasteiger partial charge in [0, 0.05) is 24.7 Å². The van der Waals surface area contributed by atoms with Gasteiger partial charge in [-0.1, -0.05) is 60.7 Å². The Hall–Kier alpha value is -1.69. The number of nitrogens with zero attached hydrogens (tertiary/aromatic N) is 2. The molecule has 0 saturated carbocycles. The average Bonchev–Trinajstić information content (AvgIpc) is 2.58. The van der Waals surface area contributed by atoms with E-state index in [0.29, 0.717) is 13.1 Å². The summed E-state index contributed by atoms with van der Waals surface area (Å²) in [6, 6.07) is 20.0. The van der Waals surface area contributed by atoms with Crippen molar-refractivity contribution < 1.29 is 8.42 Å². The van der Waals surface area contributed by atoms with Crippen molar-refractivity contribution in [1.29, 1.82) is 0 Å². The number of hydrogen-bond acceptors (Lipinski definition) is 2. The molecule has 5 heteroatoms. The lowest BCUT2D eigenvalue weighted by Gasteiger charge is -2.45. The molecule has 0 amide bonds. The Morgan fingerprint density at radius 2 is 1.46 bits per heavy atom. The molecule has 0 aromatic heterocycles. The molecule has 2 aromatic carbocycles. The van der Waals surface area contributed by atoms with Gasteiger partial charge in [0.1, 0.15) is 0 Å². The SMILES string of the molecule is CC(C)(C)N1CC[C@H](Cc2ccccc2)N(Cc2ccccc2)S1(=O)=O. The van der Waals surface area contributed by atoms with E-state index >= 15 is 0 Å². The second-order valence-corrected chi connectivity index (χ2v) is 9.72. The normalized spacial score (nSPS) is 21.6. The summed E-state index contributed by atoms with van der Waals surface area (Å²) in [5, 5.41) is 0. The fourth-order valence-electron chi connectivity index (χ4n) is 3.59. The van der Waals surface area contributed by atoms with Crippen LogP contribution in [0.2, 0.25) is 0 Å². The fourth-order valence-corrected chi connectivity index (χ4v) is 5.74. The van der Waals surface area contributed by atoms with Crippen LogP contribution >= 0.6 is 0 Å². The van der Waals surface area contributed by atoms with Gasteiger partial charge in [0.25, 0.3) is 10.2 Å². The zero-order valence-electron chi connectivity index (χ0n) is 15.8. The molecule has 140 valence electrons. The van der Waals surface area contributed by atoms with Crippen LogP contribution in [0.4, 0.5) is 0 Å². The van der Waals surface area contributed by atoms with Crippen molar-refractivity contribution in [3.63, 3.8) is 0 Å². The largest absolute Gasteiger partial charge is 0.283 e. The van der Waals surface area contributed by atoms with Crippen molar-refractivity contribution in [2.24, 2.45) is 0 Å². The minimum Gasteiger partial charge on any atom is -0.195 e. The van der Waals surface area contributed by atoms with Gasteiger partial charge in [-0.05, 0) is 44.7 Å². The molecule has 1 aliphatic rings. The van der Waals surface area contributed by atoms with E-state index < -0.39 is 15.7 Å². The number of hydrogen-bond donors (Lipinski definition) is 0.